The summed E-state index contributed by atoms with van der Waals surface area (Å²) in [5.41, 5.74) is 1.56. The summed E-state index contributed by atoms with van der Waals surface area (Å²) < 4.78 is 5.96. The lowest BCUT2D eigenvalue weighted by molar-refractivity contribution is -0.122. The van der Waals surface area contributed by atoms with Crippen LogP contribution in [0, 0.1) is 0 Å². The molecule has 1 unspecified atom stereocenters. The van der Waals surface area contributed by atoms with Crippen molar-refractivity contribution in [2.45, 2.75) is 76.2 Å². The second-order valence-electron chi connectivity index (χ2n) is 9.57. The van der Waals surface area contributed by atoms with Crippen LogP contribution >= 0.6 is 0 Å². The highest BCUT2D eigenvalue weighted by Crippen LogP contribution is 2.40. The van der Waals surface area contributed by atoms with Crippen LogP contribution in [0.15, 0.2) is 54.6 Å². The number of carbonyl (C=O) groups excluding carboxylic acids is 1. The topological polar surface area (TPSA) is 41.6 Å². The maximum absolute atomic E-state index is 13.4. The van der Waals surface area contributed by atoms with Gasteiger partial charge in [-0.15, -0.1) is 0 Å². The fourth-order valence-corrected chi connectivity index (χ4v) is 5.39. The van der Waals surface area contributed by atoms with Crippen LogP contribution in [-0.4, -0.2) is 36.5 Å². The first-order valence-corrected chi connectivity index (χ1v) is 12.5. The van der Waals surface area contributed by atoms with Crippen LogP contribution in [0.5, 0.6) is 5.75 Å². The van der Waals surface area contributed by atoms with E-state index >= 15 is 0 Å². The summed E-state index contributed by atoms with van der Waals surface area (Å²) in [6, 6.07) is 18.9. The van der Waals surface area contributed by atoms with Crippen molar-refractivity contribution in [1.82, 2.24) is 4.90 Å². The van der Waals surface area contributed by atoms with Crippen molar-refractivity contribution in [2.75, 3.05) is 25.0 Å². The van der Waals surface area contributed by atoms with Crippen molar-refractivity contribution in [1.29, 1.82) is 0 Å². The molecule has 1 atom stereocenters. The fraction of sp³-hybridized carbons (Fsp3) is 0.536. The summed E-state index contributed by atoms with van der Waals surface area (Å²) in [5.74, 6) is 0.984. The number of likely N-dealkylation sites (tertiary alicyclic amines) is 1. The third-order valence-electron chi connectivity index (χ3n) is 7.38. The zero-order valence-electron chi connectivity index (χ0n) is 19.5. The van der Waals surface area contributed by atoms with Gasteiger partial charge in [0.25, 0.3) is 0 Å². The van der Waals surface area contributed by atoms with Gasteiger partial charge in [-0.2, -0.15) is 0 Å². The highest BCUT2D eigenvalue weighted by atomic mass is 16.5. The van der Waals surface area contributed by atoms with E-state index in [0.717, 1.165) is 62.3 Å². The van der Waals surface area contributed by atoms with Gasteiger partial charge in [-0.25, -0.2) is 0 Å². The third kappa shape index (κ3) is 5.53. The van der Waals surface area contributed by atoms with E-state index in [1.807, 2.05) is 42.5 Å². The van der Waals surface area contributed by atoms with E-state index in [9.17, 15) is 4.79 Å². The van der Waals surface area contributed by atoms with Crippen molar-refractivity contribution in [3.8, 4) is 5.75 Å². The van der Waals surface area contributed by atoms with E-state index < -0.39 is 5.41 Å². The number of rotatable bonds is 8. The summed E-state index contributed by atoms with van der Waals surface area (Å²) in [6.07, 6.45) is 10.3. The Labute approximate surface area is 193 Å². The quantitative estimate of drug-likeness (QED) is 0.505. The molecule has 2 fully saturated rings. The van der Waals surface area contributed by atoms with Crippen LogP contribution in [0.2, 0.25) is 0 Å². The Balaban J connectivity index is 1.30. The molecular formula is C28H38N2O2. The molecule has 1 aliphatic carbocycles. The number of anilines is 1. The lowest BCUT2D eigenvalue weighted by Gasteiger charge is -2.36. The summed E-state index contributed by atoms with van der Waals surface area (Å²) in [7, 11) is 0. The number of amides is 1. The summed E-state index contributed by atoms with van der Waals surface area (Å²) >= 11 is 0. The summed E-state index contributed by atoms with van der Waals surface area (Å²) in [4.78, 5) is 16.0. The molecule has 4 heteroatoms. The van der Waals surface area contributed by atoms with Gasteiger partial charge >= 0.3 is 0 Å². The normalized spacial score (nSPS) is 21.1. The molecule has 0 bridgehead atoms. The lowest BCUT2D eigenvalue weighted by atomic mass is 9.68. The molecule has 172 valence electrons. The molecule has 0 aromatic heterocycles. The molecule has 0 spiro atoms. The molecular weight excluding hydrogens is 396 g/mol. The molecule has 2 aliphatic rings. The molecule has 2 aromatic rings. The van der Waals surface area contributed by atoms with Crippen molar-refractivity contribution >= 4 is 11.6 Å². The van der Waals surface area contributed by atoms with Gasteiger partial charge in [0.2, 0.25) is 5.91 Å². The second-order valence-corrected chi connectivity index (χ2v) is 9.57. The number of hydrogen-bond donors (Lipinski definition) is 1. The van der Waals surface area contributed by atoms with E-state index in [2.05, 4.69) is 29.3 Å². The minimum Gasteiger partial charge on any atom is -0.494 e. The molecule has 32 heavy (non-hydrogen) atoms. The van der Waals surface area contributed by atoms with Crippen molar-refractivity contribution in [3.63, 3.8) is 0 Å². The van der Waals surface area contributed by atoms with Gasteiger partial charge in [-0.05, 0) is 75.4 Å². The number of hydrogen-bond acceptors (Lipinski definition) is 3. The predicted molar refractivity (Wildman–Crippen MR) is 131 cm³/mol. The average molecular weight is 435 g/mol. The van der Waals surface area contributed by atoms with Crippen molar-refractivity contribution in [2.24, 2.45) is 0 Å². The molecule has 1 amide bonds. The first-order chi connectivity index (χ1) is 15.7. The highest BCUT2D eigenvalue weighted by Gasteiger charge is 2.41. The monoisotopic (exact) mass is 434 g/mol. The highest BCUT2D eigenvalue weighted by molar-refractivity contribution is 5.99. The van der Waals surface area contributed by atoms with E-state index in [1.165, 1.54) is 32.2 Å². The van der Waals surface area contributed by atoms with E-state index in [1.54, 1.807) is 0 Å². The van der Waals surface area contributed by atoms with Crippen LogP contribution in [0.3, 0.4) is 0 Å². The smallest absolute Gasteiger partial charge is 0.235 e. The Bertz CT molecular complexity index is 843. The number of benzene rings is 2. The standard InChI is InChI=1S/C28H38N2O2/c1-23-11-6-9-20-30(23)21-10-22-32-26-16-14-25(15-17-26)29-27(31)28(18-7-3-8-19-28)24-12-4-2-5-13-24/h2,4-5,12-17,23H,3,6-11,18-22H2,1H3,(H,29,31). The van der Waals surface area contributed by atoms with Gasteiger partial charge in [0, 0.05) is 18.3 Å². The number of ether oxygens (including phenoxy) is 1. The predicted octanol–water partition coefficient (Wildman–Crippen LogP) is 6.17. The molecule has 0 radical (unpaired) electrons. The molecule has 4 nitrogen and oxygen atoms in total. The minimum absolute atomic E-state index is 0.118. The van der Waals surface area contributed by atoms with Gasteiger partial charge in [-0.3, -0.25) is 4.79 Å². The summed E-state index contributed by atoms with van der Waals surface area (Å²) in [5, 5.41) is 3.19. The second kappa shape index (κ2) is 11.0. The molecule has 1 heterocycles. The average Bonchev–Trinajstić information content (AvgIpc) is 2.85. The Morgan fingerprint density at radius 1 is 1.00 bits per heavy atom. The molecule has 1 saturated heterocycles. The van der Waals surface area contributed by atoms with E-state index in [4.69, 9.17) is 4.74 Å². The van der Waals surface area contributed by atoms with E-state index in [-0.39, 0.29) is 5.91 Å². The Morgan fingerprint density at radius 3 is 2.47 bits per heavy atom. The number of piperidine rings is 1. The maximum atomic E-state index is 13.4. The van der Waals surface area contributed by atoms with Crippen molar-refractivity contribution < 1.29 is 9.53 Å². The Kier molecular flexibility index (Phi) is 7.85. The number of carbonyl (C=O) groups is 1. The molecule has 1 aliphatic heterocycles. The third-order valence-corrected chi connectivity index (χ3v) is 7.38. The van der Waals surface area contributed by atoms with Gasteiger partial charge < -0.3 is 15.0 Å². The first kappa shape index (κ1) is 22.8. The van der Waals surface area contributed by atoms with E-state index in [0.29, 0.717) is 6.04 Å². The van der Waals surface area contributed by atoms with Gasteiger partial charge in [-0.1, -0.05) is 56.0 Å². The van der Waals surface area contributed by atoms with Crippen molar-refractivity contribution in [3.05, 3.63) is 60.2 Å². The molecule has 1 N–H and O–H groups in total. The van der Waals surface area contributed by atoms with Crippen LogP contribution in [0.1, 0.15) is 70.3 Å². The largest absolute Gasteiger partial charge is 0.494 e. The molecule has 2 aromatic carbocycles. The summed E-state index contributed by atoms with van der Waals surface area (Å²) in [6.45, 7) is 5.39. The van der Waals surface area contributed by atoms with Gasteiger partial charge in [0.05, 0.1) is 12.0 Å². The number of nitrogens with zero attached hydrogens (tertiary/aromatic N) is 1. The fourth-order valence-electron chi connectivity index (χ4n) is 5.39. The lowest BCUT2D eigenvalue weighted by Crippen LogP contribution is -2.42. The van der Waals surface area contributed by atoms with Crippen LogP contribution < -0.4 is 10.1 Å². The SMILES string of the molecule is CC1CCCCN1CCCOc1ccc(NC(=O)C2(c3ccccc3)CCCCC2)cc1. The van der Waals surface area contributed by atoms with Crippen LogP contribution in [-0.2, 0) is 10.2 Å². The Hall–Kier alpha value is -2.33. The maximum Gasteiger partial charge on any atom is 0.235 e. The van der Waals surface area contributed by atoms with Gasteiger partial charge in [0.15, 0.2) is 0 Å². The first-order valence-electron chi connectivity index (χ1n) is 12.5. The van der Waals surface area contributed by atoms with Crippen LogP contribution in [0.25, 0.3) is 0 Å². The zero-order valence-corrected chi connectivity index (χ0v) is 19.5. The molecule has 1 saturated carbocycles. The van der Waals surface area contributed by atoms with Crippen LogP contribution in [0.4, 0.5) is 5.69 Å². The minimum atomic E-state index is -0.416. The zero-order chi connectivity index (χ0) is 22.2. The molecule has 4 rings (SSSR count). The Morgan fingerprint density at radius 2 is 1.75 bits per heavy atom. The number of nitrogens with one attached hydrogen (secondary N) is 1. The van der Waals surface area contributed by atoms with Gasteiger partial charge in [0.1, 0.15) is 5.75 Å².